The molecule has 38 heavy (non-hydrogen) atoms. The van der Waals surface area contributed by atoms with Crippen molar-refractivity contribution in [3.8, 4) is 11.7 Å². The Balaban J connectivity index is 1.39. The van der Waals surface area contributed by atoms with Crippen LogP contribution >= 0.6 is 0 Å². The molecule has 0 amide bonds. The van der Waals surface area contributed by atoms with Crippen molar-refractivity contribution in [1.29, 1.82) is 0 Å². The molecule has 1 saturated heterocycles. The lowest BCUT2D eigenvalue weighted by Gasteiger charge is -2.17. The van der Waals surface area contributed by atoms with Gasteiger partial charge >= 0.3 is 0 Å². The fraction of sp³-hybridized carbons (Fsp3) is 0.296. The topological polar surface area (TPSA) is 117 Å². The molecule has 1 aliphatic rings. The average Bonchev–Trinajstić information content (AvgIpc) is 3.28. The summed E-state index contributed by atoms with van der Waals surface area (Å²) < 4.78 is 11.3. The number of nitrogens with zero attached hydrogens (tertiary/aromatic N) is 7. The summed E-state index contributed by atoms with van der Waals surface area (Å²) in [7, 11) is 1.90. The number of nitrogens with one attached hydrogen (secondary N) is 2. The van der Waals surface area contributed by atoms with E-state index < -0.39 is 0 Å². The predicted molar refractivity (Wildman–Crippen MR) is 146 cm³/mol. The van der Waals surface area contributed by atoms with Crippen LogP contribution in [0.4, 0.5) is 11.6 Å². The molecule has 0 spiro atoms. The fourth-order valence-electron chi connectivity index (χ4n) is 4.84. The number of rotatable bonds is 7. The van der Waals surface area contributed by atoms with Gasteiger partial charge in [-0.3, -0.25) is 9.48 Å². The Kier molecular flexibility index (Phi) is 6.34. The van der Waals surface area contributed by atoms with Gasteiger partial charge < -0.3 is 15.4 Å². The highest BCUT2D eigenvalue weighted by Crippen LogP contribution is 2.23. The van der Waals surface area contributed by atoms with Crippen molar-refractivity contribution in [3.63, 3.8) is 0 Å². The van der Waals surface area contributed by atoms with Gasteiger partial charge in [0, 0.05) is 30.4 Å². The van der Waals surface area contributed by atoms with E-state index in [0.29, 0.717) is 28.7 Å². The van der Waals surface area contributed by atoms with Crippen molar-refractivity contribution in [2.45, 2.75) is 31.9 Å². The summed E-state index contributed by atoms with van der Waals surface area (Å²) in [5.74, 6) is 1.42. The summed E-state index contributed by atoms with van der Waals surface area (Å²) in [4.78, 5) is 27.2. The molecule has 1 atom stereocenters. The van der Waals surface area contributed by atoms with E-state index in [1.165, 1.54) is 0 Å². The Bertz CT molecular complexity index is 1680. The standard InChI is InChI=1S/C27H29N9O2/c1-3-14-35-26(37)21-17-29-27(31-19-9-10-22-18(15-19)16-30-34(22)2)33-25(21)36(35)23-7-4-8-24(32-23)38-20-6-5-12-28-13-11-20/h3-4,7-10,15-17,20,28H,1,5-6,11-14H2,2H3,(H,29,31,33)/t20-/m0/s1. The number of anilines is 2. The second-order valence-electron chi connectivity index (χ2n) is 9.34. The van der Waals surface area contributed by atoms with Gasteiger partial charge in [-0.05, 0) is 56.6 Å². The molecule has 1 aliphatic heterocycles. The second-order valence-corrected chi connectivity index (χ2v) is 9.34. The van der Waals surface area contributed by atoms with Crippen LogP contribution in [0.2, 0.25) is 0 Å². The molecule has 5 heterocycles. The highest BCUT2D eigenvalue weighted by molar-refractivity contribution is 5.83. The molecule has 194 valence electrons. The second kappa shape index (κ2) is 10.1. The van der Waals surface area contributed by atoms with Crippen LogP contribution in [-0.2, 0) is 13.6 Å². The molecule has 1 aromatic carbocycles. The van der Waals surface area contributed by atoms with Crippen LogP contribution in [0, 0.1) is 0 Å². The van der Waals surface area contributed by atoms with Gasteiger partial charge in [0.2, 0.25) is 11.8 Å². The van der Waals surface area contributed by atoms with Gasteiger partial charge in [0.1, 0.15) is 11.5 Å². The zero-order valence-electron chi connectivity index (χ0n) is 21.2. The van der Waals surface area contributed by atoms with Crippen LogP contribution in [0.5, 0.6) is 5.88 Å². The molecule has 6 rings (SSSR count). The van der Waals surface area contributed by atoms with Crippen LogP contribution < -0.4 is 20.9 Å². The molecule has 0 bridgehead atoms. The van der Waals surface area contributed by atoms with Gasteiger partial charge in [-0.2, -0.15) is 15.1 Å². The van der Waals surface area contributed by atoms with Crippen molar-refractivity contribution in [1.82, 2.24) is 39.4 Å². The third-order valence-corrected chi connectivity index (χ3v) is 6.72. The summed E-state index contributed by atoms with van der Waals surface area (Å²) in [6.07, 6.45) is 8.08. The predicted octanol–water partition coefficient (Wildman–Crippen LogP) is 3.31. The van der Waals surface area contributed by atoms with E-state index >= 15 is 0 Å². The van der Waals surface area contributed by atoms with Gasteiger partial charge in [-0.15, -0.1) is 6.58 Å². The Morgan fingerprint density at radius 3 is 3.00 bits per heavy atom. The quantitative estimate of drug-likeness (QED) is 0.320. The van der Waals surface area contributed by atoms with E-state index in [0.717, 1.165) is 48.9 Å². The molecule has 0 radical (unpaired) electrons. The SMILES string of the molecule is C=CCn1c(=O)c2cnc(Nc3ccc4c(cnn4C)c3)nc2n1-c1cccc(O[C@H]2CCCNCC2)n1. The van der Waals surface area contributed by atoms with Gasteiger partial charge in [-0.1, -0.05) is 12.1 Å². The van der Waals surface area contributed by atoms with E-state index in [4.69, 9.17) is 14.7 Å². The summed E-state index contributed by atoms with van der Waals surface area (Å²) in [5, 5.41) is 12.3. The van der Waals surface area contributed by atoms with Crippen molar-refractivity contribution in [3.05, 3.63) is 71.8 Å². The first-order valence-corrected chi connectivity index (χ1v) is 12.7. The molecule has 11 heteroatoms. The minimum absolute atomic E-state index is 0.0970. The van der Waals surface area contributed by atoms with Crippen molar-refractivity contribution < 1.29 is 4.74 Å². The average molecular weight is 512 g/mol. The van der Waals surface area contributed by atoms with E-state index in [2.05, 4.69) is 27.3 Å². The summed E-state index contributed by atoms with van der Waals surface area (Å²) in [6.45, 7) is 6.04. The van der Waals surface area contributed by atoms with Crippen molar-refractivity contribution in [2.24, 2.45) is 7.05 Å². The minimum atomic E-state index is -0.216. The maximum Gasteiger partial charge on any atom is 0.278 e. The lowest BCUT2D eigenvalue weighted by atomic mass is 10.2. The normalized spacial score (nSPS) is 16.0. The Morgan fingerprint density at radius 1 is 1.18 bits per heavy atom. The lowest BCUT2D eigenvalue weighted by Crippen LogP contribution is -2.23. The Morgan fingerprint density at radius 2 is 2.11 bits per heavy atom. The highest BCUT2D eigenvalue weighted by Gasteiger charge is 2.19. The summed E-state index contributed by atoms with van der Waals surface area (Å²) >= 11 is 0. The van der Waals surface area contributed by atoms with Crippen LogP contribution in [0.25, 0.3) is 27.8 Å². The summed E-state index contributed by atoms with van der Waals surface area (Å²) in [6, 6.07) is 11.5. The van der Waals surface area contributed by atoms with Crippen molar-refractivity contribution >= 4 is 33.6 Å². The van der Waals surface area contributed by atoms with E-state index in [9.17, 15) is 4.79 Å². The molecule has 11 nitrogen and oxygen atoms in total. The molecule has 0 unspecified atom stereocenters. The van der Waals surface area contributed by atoms with E-state index in [1.807, 2.05) is 54.3 Å². The molecule has 2 N–H and O–H groups in total. The molecule has 5 aromatic rings. The van der Waals surface area contributed by atoms with E-state index in [-0.39, 0.29) is 18.2 Å². The molecule has 0 aliphatic carbocycles. The van der Waals surface area contributed by atoms with Crippen LogP contribution in [0.3, 0.4) is 0 Å². The van der Waals surface area contributed by atoms with Gasteiger partial charge in [0.05, 0.1) is 18.3 Å². The number of allylic oxidation sites excluding steroid dienone is 1. The van der Waals surface area contributed by atoms with Crippen LogP contribution in [0.15, 0.2) is 66.2 Å². The first-order valence-electron chi connectivity index (χ1n) is 12.7. The molecule has 4 aromatic heterocycles. The fourth-order valence-corrected chi connectivity index (χ4v) is 4.84. The largest absolute Gasteiger partial charge is 0.474 e. The Labute approximate surface area is 218 Å². The number of pyridine rings is 1. The lowest BCUT2D eigenvalue weighted by molar-refractivity contribution is 0.179. The van der Waals surface area contributed by atoms with Gasteiger partial charge in [-0.25, -0.2) is 14.3 Å². The highest BCUT2D eigenvalue weighted by atomic mass is 16.5. The maximum absolute atomic E-state index is 13.3. The number of fused-ring (bicyclic) bond motifs is 2. The first-order chi connectivity index (χ1) is 18.6. The smallest absolute Gasteiger partial charge is 0.278 e. The molecule has 0 saturated carbocycles. The van der Waals surface area contributed by atoms with Crippen molar-refractivity contribution in [2.75, 3.05) is 18.4 Å². The number of ether oxygens (including phenoxy) is 1. The number of hydrogen-bond acceptors (Lipinski definition) is 8. The number of benzene rings is 1. The number of hydrogen-bond donors (Lipinski definition) is 2. The third kappa shape index (κ3) is 4.52. The summed E-state index contributed by atoms with van der Waals surface area (Å²) in [5.41, 5.74) is 2.07. The minimum Gasteiger partial charge on any atom is -0.474 e. The zero-order chi connectivity index (χ0) is 26.1. The monoisotopic (exact) mass is 511 g/mol. The van der Waals surface area contributed by atoms with E-state index in [1.54, 1.807) is 21.6 Å². The van der Waals surface area contributed by atoms with Crippen LogP contribution in [0.1, 0.15) is 19.3 Å². The number of aryl methyl sites for hydroxylation is 1. The van der Waals surface area contributed by atoms with Gasteiger partial charge in [0.15, 0.2) is 11.5 Å². The molecular weight excluding hydrogens is 482 g/mol. The third-order valence-electron chi connectivity index (χ3n) is 6.72. The Hall–Kier alpha value is -4.51. The molecule has 1 fully saturated rings. The number of aromatic nitrogens is 7. The van der Waals surface area contributed by atoms with Gasteiger partial charge in [0.25, 0.3) is 5.56 Å². The molecular formula is C27H29N9O2. The zero-order valence-corrected chi connectivity index (χ0v) is 21.2. The van der Waals surface area contributed by atoms with Crippen LogP contribution in [-0.4, -0.2) is 53.3 Å². The maximum atomic E-state index is 13.3. The first kappa shape index (κ1) is 23.9.